The highest BCUT2D eigenvalue weighted by molar-refractivity contribution is 7.89. The van der Waals surface area contributed by atoms with Crippen LogP contribution < -0.4 is 5.32 Å². The maximum absolute atomic E-state index is 13.7. The Hall–Kier alpha value is -3.25. The first-order valence-corrected chi connectivity index (χ1v) is 14.8. The van der Waals surface area contributed by atoms with Crippen LogP contribution in [0.2, 0.25) is 5.02 Å². The van der Waals surface area contributed by atoms with E-state index in [1.807, 2.05) is 4.90 Å². The van der Waals surface area contributed by atoms with E-state index in [1.54, 1.807) is 25.1 Å². The molecule has 1 fully saturated rings. The van der Waals surface area contributed by atoms with Crippen molar-refractivity contribution in [2.75, 3.05) is 45.9 Å². The number of rotatable bonds is 9. The molecule has 1 saturated heterocycles. The smallest absolute Gasteiger partial charge is 0.338 e. The van der Waals surface area contributed by atoms with Crippen LogP contribution in [0.5, 0.6) is 0 Å². The second-order valence-corrected chi connectivity index (χ2v) is 11.8. The molecule has 2 aromatic carbocycles. The number of ether oxygens (including phenoxy) is 1. The van der Waals surface area contributed by atoms with Crippen LogP contribution in [0, 0.1) is 5.82 Å². The van der Waals surface area contributed by atoms with Crippen molar-refractivity contribution in [3.8, 4) is 0 Å². The number of halogens is 2. The van der Waals surface area contributed by atoms with Crippen LogP contribution >= 0.6 is 11.6 Å². The lowest BCUT2D eigenvalue weighted by molar-refractivity contribution is -0.139. The van der Waals surface area contributed by atoms with E-state index in [9.17, 15) is 22.4 Å². The Bertz CT molecular complexity index is 1380. The lowest BCUT2D eigenvalue weighted by Crippen LogP contribution is -2.51. The summed E-state index contributed by atoms with van der Waals surface area (Å²) in [7, 11) is -3.72. The number of amides is 2. The lowest BCUT2D eigenvalue weighted by atomic mass is 9.94. The Labute approximate surface area is 238 Å². The van der Waals surface area contributed by atoms with Crippen molar-refractivity contribution in [3.63, 3.8) is 0 Å². The molecule has 1 atom stereocenters. The van der Waals surface area contributed by atoms with Crippen LogP contribution in [0.3, 0.4) is 0 Å². The van der Waals surface area contributed by atoms with E-state index < -0.39 is 33.9 Å². The molecule has 0 radical (unpaired) electrons. The predicted octanol–water partition coefficient (Wildman–Crippen LogP) is 3.95. The fourth-order valence-corrected chi connectivity index (χ4v) is 6.46. The highest BCUT2D eigenvalue weighted by atomic mass is 35.5. The summed E-state index contributed by atoms with van der Waals surface area (Å²) >= 11 is 5.93. The Morgan fingerprint density at radius 1 is 1.12 bits per heavy atom. The number of hydrogen-bond donors (Lipinski definition) is 1. The molecule has 0 aromatic heterocycles. The van der Waals surface area contributed by atoms with Crippen LogP contribution in [-0.4, -0.2) is 80.4 Å². The van der Waals surface area contributed by atoms with Gasteiger partial charge in [0.1, 0.15) is 5.82 Å². The summed E-state index contributed by atoms with van der Waals surface area (Å²) < 4.78 is 47.0. The van der Waals surface area contributed by atoms with Crippen molar-refractivity contribution in [1.29, 1.82) is 0 Å². The molecule has 0 bridgehead atoms. The van der Waals surface area contributed by atoms with E-state index in [-0.39, 0.29) is 36.7 Å². The van der Waals surface area contributed by atoms with Crippen molar-refractivity contribution in [2.45, 2.75) is 24.3 Å². The van der Waals surface area contributed by atoms with Crippen molar-refractivity contribution >= 4 is 33.6 Å². The highest BCUT2D eigenvalue weighted by Gasteiger charge is 2.39. The van der Waals surface area contributed by atoms with Gasteiger partial charge in [0, 0.05) is 43.4 Å². The van der Waals surface area contributed by atoms with Gasteiger partial charge >= 0.3 is 12.0 Å². The topological polar surface area (TPSA) is 99.3 Å². The van der Waals surface area contributed by atoms with Crippen molar-refractivity contribution in [3.05, 3.63) is 88.9 Å². The zero-order chi connectivity index (χ0) is 28.9. The molecule has 2 aliphatic rings. The fourth-order valence-electron chi connectivity index (χ4n) is 4.86. The van der Waals surface area contributed by atoms with E-state index >= 15 is 0 Å². The number of esters is 1. The molecule has 1 unspecified atom stereocenters. The Kier molecular flexibility index (Phi) is 9.62. The first kappa shape index (κ1) is 29.7. The van der Waals surface area contributed by atoms with Crippen LogP contribution in [0.25, 0.3) is 0 Å². The highest BCUT2D eigenvalue weighted by Crippen LogP contribution is 2.32. The first-order valence-electron chi connectivity index (χ1n) is 13.0. The van der Waals surface area contributed by atoms with Crippen LogP contribution in [-0.2, 0) is 19.6 Å². The second-order valence-electron chi connectivity index (χ2n) is 9.40. The number of carbonyl (C=O) groups excluding carboxylic acids is 2. The number of hydrogen-bond acceptors (Lipinski definition) is 6. The van der Waals surface area contributed by atoms with Gasteiger partial charge < -0.3 is 10.1 Å². The quantitative estimate of drug-likeness (QED) is 0.351. The van der Waals surface area contributed by atoms with Gasteiger partial charge in [0.2, 0.25) is 10.0 Å². The number of sulfonamides is 1. The number of nitrogens with zero attached hydrogens (tertiary/aromatic N) is 3. The standard InChI is InChI=1S/C28H32ClFN4O5S/c1-3-14-34-24(25(27(35)39-4-2)26(31-28(34)36)20-6-10-22(30)11-7-20)19-32-15-5-16-33(18-17-32)40(37,38)23-12-8-21(29)9-13-23/h3,6-13,26H,1,4-5,14-19H2,2H3,(H,31,36). The number of nitrogens with one attached hydrogen (secondary N) is 1. The zero-order valence-electron chi connectivity index (χ0n) is 22.2. The van der Waals surface area contributed by atoms with Gasteiger partial charge in [-0.05, 0) is 61.9 Å². The van der Waals surface area contributed by atoms with E-state index in [0.29, 0.717) is 42.3 Å². The minimum atomic E-state index is -3.72. The van der Waals surface area contributed by atoms with Crippen molar-refractivity contribution < 1.29 is 27.1 Å². The third-order valence-corrected chi connectivity index (χ3v) is 8.99. The zero-order valence-corrected chi connectivity index (χ0v) is 23.8. The SMILES string of the molecule is C=CCN1C(=O)NC(c2ccc(F)cc2)C(C(=O)OCC)=C1CN1CCCN(S(=O)(=O)c2ccc(Cl)cc2)CC1. The minimum absolute atomic E-state index is 0.127. The summed E-state index contributed by atoms with van der Waals surface area (Å²) in [4.78, 5) is 30.2. The molecule has 2 aromatic rings. The molecule has 2 heterocycles. The molecule has 0 aliphatic carbocycles. The lowest BCUT2D eigenvalue weighted by Gasteiger charge is -2.38. The summed E-state index contributed by atoms with van der Waals surface area (Å²) in [6, 6.07) is 10.4. The minimum Gasteiger partial charge on any atom is -0.463 e. The third kappa shape index (κ3) is 6.55. The molecule has 12 heteroatoms. The Balaban J connectivity index is 1.66. The molecule has 2 amide bonds. The number of carbonyl (C=O) groups is 2. The normalized spacial score (nSPS) is 19.2. The van der Waals surface area contributed by atoms with Gasteiger partial charge in [-0.3, -0.25) is 9.80 Å². The molecule has 2 aliphatic heterocycles. The van der Waals surface area contributed by atoms with Crippen molar-refractivity contribution in [2.24, 2.45) is 0 Å². The van der Waals surface area contributed by atoms with Crippen molar-refractivity contribution in [1.82, 2.24) is 19.4 Å². The molecule has 4 rings (SSSR count). The molecule has 0 spiro atoms. The molecule has 40 heavy (non-hydrogen) atoms. The average molecular weight is 591 g/mol. The molecular formula is C28H32ClFN4O5S. The summed E-state index contributed by atoms with van der Waals surface area (Å²) in [5, 5.41) is 3.30. The molecule has 1 N–H and O–H groups in total. The van der Waals surface area contributed by atoms with Crippen LogP contribution in [0.4, 0.5) is 9.18 Å². The largest absolute Gasteiger partial charge is 0.463 e. The Morgan fingerprint density at radius 3 is 2.48 bits per heavy atom. The fraction of sp³-hybridized carbons (Fsp3) is 0.357. The van der Waals surface area contributed by atoms with Crippen LogP contribution in [0.15, 0.2) is 77.4 Å². The number of benzene rings is 2. The summed E-state index contributed by atoms with van der Waals surface area (Å²) in [5.41, 5.74) is 1.21. The Morgan fingerprint density at radius 2 is 1.82 bits per heavy atom. The molecule has 0 saturated carbocycles. The maximum atomic E-state index is 13.7. The second kappa shape index (κ2) is 12.9. The van der Waals surface area contributed by atoms with Gasteiger partial charge in [0.15, 0.2) is 0 Å². The van der Waals surface area contributed by atoms with Gasteiger partial charge in [0.05, 0.1) is 23.1 Å². The monoisotopic (exact) mass is 590 g/mol. The predicted molar refractivity (Wildman–Crippen MR) is 150 cm³/mol. The molecule has 214 valence electrons. The van der Waals surface area contributed by atoms with Crippen LogP contribution in [0.1, 0.15) is 24.9 Å². The average Bonchev–Trinajstić information content (AvgIpc) is 3.17. The first-order chi connectivity index (χ1) is 19.1. The van der Waals surface area contributed by atoms with Gasteiger partial charge in [-0.25, -0.2) is 22.4 Å². The maximum Gasteiger partial charge on any atom is 0.338 e. The van der Waals surface area contributed by atoms with E-state index in [0.717, 1.165) is 0 Å². The van der Waals surface area contributed by atoms with Gasteiger partial charge in [-0.1, -0.05) is 29.8 Å². The van der Waals surface area contributed by atoms with E-state index in [1.165, 1.54) is 45.6 Å². The summed E-state index contributed by atoms with van der Waals surface area (Å²) in [6.07, 6.45) is 2.10. The van der Waals surface area contributed by atoms with Gasteiger partial charge in [-0.15, -0.1) is 6.58 Å². The van der Waals surface area contributed by atoms with E-state index in [4.69, 9.17) is 16.3 Å². The summed E-state index contributed by atoms with van der Waals surface area (Å²) in [6.45, 7) is 7.37. The molecule has 9 nitrogen and oxygen atoms in total. The van der Waals surface area contributed by atoms with Gasteiger partial charge in [0.25, 0.3) is 0 Å². The number of urea groups is 1. The third-order valence-electron chi connectivity index (χ3n) is 6.82. The summed E-state index contributed by atoms with van der Waals surface area (Å²) in [5.74, 6) is -1.04. The van der Waals surface area contributed by atoms with E-state index in [2.05, 4.69) is 11.9 Å². The molecular weight excluding hydrogens is 559 g/mol. The van der Waals surface area contributed by atoms with Gasteiger partial charge in [-0.2, -0.15) is 4.31 Å².